The summed E-state index contributed by atoms with van der Waals surface area (Å²) < 4.78 is 2.69. The summed E-state index contributed by atoms with van der Waals surface area (Å²) in [6.45, 7) is 2.54. The summed E-state index contributed by atoms with van der Waals surface area (Å²) in [4.78, 5) is 17.8. The number of halogens is 1. The number of nitrogens with zero attached hydrogens (tertiary/aromatic N) is 4. The molecule has 0 bridgehead atoms. The predicted octanol–water partition coefficient (Wildman–Crippen LogP) is 2.95. The Kier molecular flexibility index (Phi) is 5.80. The van der Waals surface area contributed by atoms with Gasteiger partial charge in [0.1, 0.15) is 10.4 Å². The van der Waals surface area contributed by atoms with Crippen LogP contribution in [0.1, 0.15) is 12.5 Å². The van der Waals surface area contributed by atoms with E-state index in [0.29, 0.717) is 13.0 Å². The van der Waals surface area contributed by atoms with Gasteiger partial charge in [-0.1, -0.05) is 24.3 Å². The van der Waals surface area contributed by atoms with Crippen molar-refractivity contribution in [2.24, 2.45) is 5.73 Å². The molecule has 1 atom stereocenters. The van der Waals surface area contributed by atoms with Gasteiger partial charge in [0, 0.05) is 24.7 Å². The van der Waals surface area contributed by atoms with E-state index in [1.807, 2.05) is 60.1 Å². The number of hydrogen-bond donors (Lipinski definition) is 1. The number of benzene rings is 1. The Morgan fingerprint density at radius 1 is 1.19 bits per heavy atom. The standard InChI is InChI=1S/C14H16N4O.C5H4BrN/c1-2-17-13-10(8-12(15)14(17)19)9-16-18(13)11-6-4-3-5-7-11;6-5-3-1-2-4-7-5/h3-7,9,12H,2,8,15H2,1H3;1-4H. The molecule has 0 aliphatic carbocycles. The largest absolute Gasteiger partial charge is 0.320 e. The quantitative estimate of drug-likeness (QED) is 0.655. The number of carbonyl (C=O) groups is 1. The number of anilines is 1. The van der Waals surface area contributed by atoms with Gasteiger partial charge < -0.3 is 5.73 Å². The molecular weight excluding hydrogens is 394 g/mol. The summed E-state index contributed by atoms with van der Waals surface area (Å²) in [7, 11) is 0. The van der Waals surface area contributed by atoms with Gasteiger partial charge >= 0.3 is 0 Å². The summed E-state index contributed by atoms with van der Waals surface area (Å²) in [6.07, 6.45) is 4.10. The van der Waals surface area contributed by atoms with Gasteiger partial charge in [-0.2, -0.15) is 5.10 Å². The van der Waals surface area contributed by atoms with Crippen molar-refractivity contribution in [3.63, 3.8) is 0 Å². The van der Waals surface area contributed by atoms with E-state index in [1.165, 1.54) is 0 Å². The highest BCUT2D eigenvalue weighted by Gasteiger charge is 2.33. The van der Waals surface area contributed by atoms with E-state index in [9.17, 15) is 4.79 Å². The topological polar surface area (TPSA) is 77.0 Å². The Morgan fingerprint density at radius 2 is 1.92 bits per heavy atom. The third-order valence-electron chi connectivity index (χ3n) is 4.04. The summed E-state index contributed by atoms with van der Waals surface area (Å²) in [5, 5.41) is 4.40. The van der Waals surface area contributed by atoms with Crippen LogP contribution in [0.5, 0.6) is 0 Å². The van der Waals surface area contributed by atoms with Crippen LogP contribution in [-0.2, 0) is 11.2 Å². The van der Waals surface area contributed by atoms with Gasteiger partial charge in [0.2, 0.25) is 5.91 Å². The molecule has 0 fully saturated rings. The number of rotatable bonds is 2. The van der Waals surface area contributed by atoms with Crippen molar-refractivity contribution in [1.82, 2.24) is 14.8 Å². The molecule has 3 heterocycles. The van der Waals surface area contributed by atoms with Gasteiger partial charge in [-0.05, 0) is 47.1 Å². The van der Waals surface area contributed by atoms with E-state index in [2.05, 4.69) is 26.0 Å². The van der Waals surface area contributed by atoms with Gasteiger partial charge in [-0.15, -0.1) is 0 Å². The molecule has 1 aromatic carbocycles. The highest BCUT2D eigenvalue weighted by molar-refractivity contribution is 9.10. The van der Waals surface area contributed by atoms with Crippen LogP contribution < -0.4 is 10.6 Å². The van der Waals surface area contributed by atoms with Crippen LogP contribution in [0.4, 0.5) is 5.82 Å². The lowest BCUT2D eigenvalue weighted by Crippen LogP contribution is -2.49. The molecule has 2 aromatic heterocycles. The molecule has 134 valence electrons. The Balaban J connectivity index is 0.000000236. The molecule has 7 heteroatoms. The van der Waals surface area contributed by atoms with Crippen LogP contribution in [0, 0.1) is 0 Å². The average molecular weight is 414 g/mol. The van der Waals surface area contributed by atoms with E-state index < -0.39 is 6.04 Å². The first kappa shape index (κ1) is 18.3. The monoisotopic (exact) mass is 413 g/mol. The van der Waals surface area contributed by atoms with Gasteiger partial charge in [0.05, 0.1) is 17.9 Å². The summed E-state index contributed by atoms with van der Waals surface area (Å²) in [5.74, 6) is 0.813. The molecule has 0 spiro atoms. The number of amides is 1. The average Bonchev–Trinajstić information content (AvgIpc) is 3.08. The van der Waals surface area contributed by atoms with Gasteiger partial charge in [-0.3, -0.25) is 9.69 Å². The summed E-state index contributed by atoms with van der Waals surface area (Å²) in [5.41, 5.74) is 7.85. The fourth-order valence-corrected chi connectivity index (χ4v) is 3.11. The van der Waals surface area contributed by atoms with Crippen molar-refractivity contribution in [3.05, 3.63) is 71.1 Å². The maximum absolute atomic E-state index is 12.2. The first-order chi connectivity index (χ1) is 12.6. The lowest BCUT2D eigenvalue weighted by atomic mass is 10.0. The van der Waals surface area contributed by atoms with E-state index in [0.717, 1.165) is 21.7 Å². The molecule has 1 aliphatic heterocycles. The van der Waals surface area contributed by atoms with Crippen LogP contribution in [0.25, 0.3) is 5.69 Å². The fourth-order valence-electron chi connectivity index (χ4n) is 2.84. The molecule has 0 saturated heterocycles. The molecule has 4 rings (SSSR count). The number of nitrogens with two attached hydrogens (primary N) is 1. The molecule has 0 saturated carbocycles. The Morgan fingerprint density at radius 3 is 2.50 bits per heavy atom. The first-order valence-corrected chi connectivity index (χ1v) is 9.17. The molecule has 1 unspecified atom stereocenters. The van der Waals surface area contributed by atoms with Crippen LogP contribution in [0.3, 0.4) is 0 Å². The lowest BCUT2D eigenvalue weighted by Gasteiger charge is -2.30. The third-order valence-corrected chi connectivity index (χ3v) is 4.51. The van der Waals surface area contributed by atoms with Crippen LogP contribution >= 0.6 is 15.9 Å². The smallest absolute Gasteiger partial charge is 0.245 e. The molecular formula is C19H20BrN5O. The third kappa shape index (κ3) is 3.84. The van der Waals surface area contributed by atoms with E-state index in [-0.39, 0.29) is 5.91 Å². The number of likely N-dealkylation sites (N-methyl/N-ethyl adjacent to an activating group) is 1. The van der Waals surface area contributed by atoms with Gasteiger partial charge in [0.25, 0.3) is 0 Å². The number of fused-ring (bicyclic) bond motifs is 1. The lowest BCUT2D eigenvalue weighted by molar-refractivity contribution is -0.120. The first-order valence-electron chi connectivity index (χ1n) is 8.37. The zero-order valence-corrected chi connectivity index (χ0v) is 16.0. The SMILES string of the molecule is Brc1ccccn1.CCN1C(=O)C(N)Cc2cnn(-c3ccccc3)c21. The van der Waals surface area contributed by atoms with Crippen molar-refractivity contribution < 1.29 is 4.79 Å². The van der Waals surface area contributed by atoms with Gasteiger partial charge in [-0.25, -0.2) is 9.67 Å². The van der Waals surface area contributed by atoms with Crippen molar-refractivity contribution in [1.29, 1.82) is 0 Å². The molecule has 1 amide bonds. The second kappa shape index (κ2) is 8.25. The van der Waals surface area contributed by atoms with Crippen molar-refractivity contribution in [2.45, 2.75) is 19.4 Å². The maximum Gasteiger partial charge on any atom is 0.245 e. The number of pyridine rings is 1. The molecule has 0 radical (unpaired) electrons. The minimum Gasteiger partial charge on any atom is -0.320 e. The Bertz CT molecular complexity index is 866. The van der Waals surface area contributed by atoms with Crippen molar-refractivity contribution in [3.8, 4) is 5.69 Å². The van der Waals surface area contributed by atoms with Crippen molar-refractivity contribution in [2.75, 3.05) is 11.4 Å². The second-order valence-corrected chi connectivity index (χ2v) is 6.60. The van der Waals surface area contributed by atoms with Crippen LogP contribution in [0.2, 0.25) is 0 Å². The molecule has 2 N–H and O–H groups in total. The normalized spacial score (nSPS) is 15.9. The fraction of sp³-hybridized carbons (Fsp3) is 0.211. The minimum atomic E-state index is -0.458. The van der Waals surface area contributed by atoms with E-state index in [4.69, 9.17) is 5.73 Å². The zero-order chi connectivity index (χ0) is 18.5. The highest BCUT2D eigenvalue weighted by atomic mass is 79.9. The maximum atomic E-state index is 12.2. The van der Waals surface area contributed by atoms with Gasteiger partial charge in [0.15, 0.2) is 0 Å². The number of carbonyl (C=O) groups excluding carboxylic acids is 1. The number of aromatic nitrogens is 3. The minimum absolute atomic E-state index is 0.0346. The van der Waals surface area contributed by atoms with E-state index in [1.54, 1.807) is 17.3 Å². The zero-order valence-electron chi connectivity index (χ0n) is 14.4. The summed E-state index contributed by atoms with van der Waals surface area (Å²) >= 11 is 3.20. The molecule has 3 aromatic rings. The van der Waals surface area contributed by atoms with E-state index >= 15 is 0 Å². The second-order valence-electron chi connectivity index (χ2n) is 5.79. The molecule has 26 heavy (non-hydrogen) atoms. The molecule has 6 nitrogen and oxygen atoms in total. The van der Waals surface area contributed by atoms with Crippen LogP contribution in [0.15, 0.2) is 65.5 Å². The Hall–Kier alpha value is -2.51. The van der Waals surface area contributed by atoms with Crippen molar-refractivity contribution >= 4 is 27.7 Å². The highest BCUT2D eigenvalue weighted by Crippen LogP contribution is 2.29. The molecule has 1 aliphatic rings. The van der Waals surface area contributed by atoms with Crippen LogP contribution in [-0.4, -0.2) is 33.3 Å². The summed E-state index contributed by atoms with van der Waals surface area (Å²) in [6, 6.07) is 15.0. The number of para-hydroxylation sites is 1. The predicted molar refractivity (Wildman–Crippen MR) is 105 cm³/mol. The number of hydrogen-bond acceptors (Lipinski definition) is 4. The Labute approximate surface area is 160 Å².